The van der Waals surface area contributed by atoms with Gasteiger partial charge in [-0.25, -0.2) is 0 Å². The van der Waals surface area contributed by atoms with E-state index < -0.39 is 4.92 Å². The van der Waals surface area contributed by atoms with E-state index >= 15 is 0 Å². The Morgan fingerprint density at radius 3 is 3.00 bits per heavy atom. The van der Waals surface area contributed by atoms with Crippen molar-refractivity contribution in [1.29, 1.82) is 0 Å². The van der Waals surface area contributed by atoms with Gasteiger partial charge < -0.3 is 19.5 Å². The number of nitrogens with zero attached hydrogens (tertiary/aromatic N) is 3. The predicted octanol–water partition coefficient (Wildman–Crippen LogP) is 1.02. The number of nitro groups is 1. The summed E-state index contributed by atoms with van der Waals surface area (Å²) >= 11 is 0. The van der Waals surface area contributed by atoms with Crippen molar-refractivity contribution >= 4 is 12.1 Å². The van der Waals surface area contributed by atoms with Gasteiger partial charge >= 0.3 is 5.82 Å². The van der Waals surface area contributed by atoms with E-state index in [0.29, 0.717) is 13.0 Å². The Balaban J connectivity index is 2.59. The van der Waals surface area contributed by atoms with Crippen molar-refractivity contribution in [3.8, 4) is 0 Å². The minimum Gasteiger partial charge on any atom is -0.358 e. The lowest BCUT2D eigenvalue weighted by atomic mass is 10.1. The maximum Gasteiger partial charge on any atom is 0.381 e. The quantitative estimate of drug-likeness (QED) is 0.401. The monoisotopic (exact) mass is 197 g/mol. The van der Waals surface area contributed by atoms with Crippen LogP contribution in [0.25, 0.3) is 0 Å². The van der Waals surface area contributed by atoms with Gasteiger partial charge in [0, 0.05) is 13.0 Å². The van der Waals surface area contributed by atoms with Crippen LogP contribution in [0.2, 0.25) is 0 Å². The standard InChI is InChI=1S/C8H11N3O3/c1-7(2-3-12)4-10-5-8(9-6-10)11(13)14/h3,5-7H,2,4H2,1H3. The van der Waals surface area contributed by atoms with E-state index in [1.54, 1.807) is 4.57 Å². The van der Waals surface area contributed by atoms with Crippen LogP contribution < -0.4 is 0 Å². The number of carbonyl (C=O) groups is 1. The van der Waals surface area contributed by atoms with Crippen molar-refractivity contribution in [3.63, 3.8) is 0 Å². The predicted molar refractivity (Wildman–Crippen MR) is 48.7 cm³/mol. The fourth-order valence-electron chi connectivity index (χ4n) is 1.14. The zero-order chi connectivity index (χ0) is 10.6. The molecule has 1 unspecified atom stereocenters. The van der Waals surface area contributed by atoms with Crippen LogP contribution in [0.4, 0.5) is 5.82 Å². The highest BCUT2D eigenvalue weighted by atomic mass is 16.6. The molecule has 0 saturated heterocycles. The maximum atomic E-state index is 10.3. The highest BCUT2D eigenvalue weighted by Crippen LogP contribution is 2.09. The number of rotatable bonds is 5. The molecule has 6 heteroatoms. The highest BCUT2D eigenvalue weighted by molar-refractivity contribution is 5.49. The maximum absolute atomic E-state index is 10.3. The summed E-state index contributed by atoms with van der Waals surface area (Å²) in [5.74, 6) is 0.00427. The summed E-state index contributed by atoms with van der Waals surface area (Å²) in [7, 11) is 0. The van der Waals surface area contributed by atoms with Crippen LogP contribution >= 0.6 is 0 Å². The Morgan fingerprint density at radius 2 is 2.50 bits per heavy atom. The van der Waals surface area contributed by atoms with Crippen molar-refractivity contribution in [2.24, 2.45) is 5.92 Å². The van der Waals surface area contributed by atoms with Crippen molar-refractivity contribution in [2.75, 3.05) is 0 Å². The molecule has 0 aliphatic heterocycles. The lowest BCUT2D eigenvalue weighted by Crippen LogP contribution is -2.06. The molecule has 1 aromatic heterocycles. The van der Waals surface area contributed by atoms with Crippen LogP contribution in [0.15, 0.2) is 12.5 Å². The number of aromatic nitrogens is 2. The van der Waals surface area contributed by atoms with Gasteiger partial charge in [0.15, 0.2) is 0 Å². The van der Waals surface area contributed by atoms with E-state index in [1.165, 1.54) is 12.5 Å². The summed E-state index contributed by atoms with van der Waals surface area (Å²) in [6.45, 7) is 2.47. The second kappa shape index (κ2) is 4.50. The Kier molecular flexibility index (Phi) is 3.33. The van der Waals surface area contributed by atoms with Gasteiger partial charge in [-0.2, -0.15) is 0 Å². The number of carbonyl (C=O) groups excluding carboxylic acids is 1. The number of imidazole rings is 1. The number of hydrogen-bond donors (Lipinski definition) is 0. The van der Waals surface area contributed by atoms with Gasteiger partial charge in [0.05, 0.1) is 0 Å². The minimum absolute atomic E-state index is 0.164. The summed E-state index contributed by atoms with van der Waals surface area (Å²) in [6.07, 6.45) is 4.06. The molecule has 1 heterocycles. The number of aldehydes is 1. The van der Waals surface area contributed by atoms with Crippen LogP contribution in [-0.4, -0.2) is 20.8 Å². The molecule has 76 valence electrons. The minimum atomic E-state index is -0.541. The van der Waals surface area contributed by atoms with E-state index in [9.17, 15) is 14.9 Å². The summed E-state index contributed by atoms with van der Waals surface area (Å²) in [6, 6.07) is 0. The van der Waals surface area contributed by atoms with Crippen LogP contribution in [0.5, 0.6) is 0 Å². The molecule has 6 nitrogen and oxygen atoms in total. The summed E-state index contributed by atoms with van der Waals surface area (Å²) in [5.41, 5.74) is 0. The molecule has 0 spiro atoms. The second-order valence-electron chi connectivity index (χ2n) is 3.19. The fourth-order valence-corrected chi connectivity index (χ4v) is 1.14. The first-order chi connectivity index (χ1) is 6.63. The Morgan fingerprint density at radius 1 is 1.79 bits per heavy atom. The molecule has 14 heavy (non-hydrogen) atoms. The first-order valence-corrected chi connectivity index (χ1v) is 4.23. The van der Waals surface area contributed by atoms with Gasteiger partial charge in [-0.15, -0.1) is 0 Å². The molecule has 1 atom stereocenters. The Labute approximate surface area is 80.7 Å². The largest absolute Gasteiger partial charge is 0.381 e. The number of hydrogen-bond acceptors (Lipinski definition) is 4. The van der Waals surface area contributed by atoms with Gasteiger partial charge in [0.25, 0.3) is 0 Å². The SMILES string of the molecule is CC(CC=O)Cn1cnc([N+](=O)[O-])c1. The molecule has 0 amide bonds. The van der Waals surface area contributed by atoms with Gasteiger partial charge in [-0.05, 0) is 15.8 Å². The van der Waals surface area contributed by atoms with Crippen molar-refractivity contribution in [3.05, 3.63) is 22.6 Å². The molecular formula is C8H11N3O3. The topological polar surface area (TPSA) is 78.0 Å². The smallest absolute Gasteiger partial charge is 0.358 e. The third-order valence-corrected chi connectivity index (χ3v) is 1.83. The molecule has 0 fully saturated rings. The average Bonchev–Trinajstić information content (AvgIpc) is 2.53. The lowest BCUT2D eigenvalue weighted by molar-refractivity contribution is -0.389. The molecular weight excluding hydrogens is 186 g/mol. The highest BCUT2D eigenvalue weighted by Gasteiger charge is 2.11. The van der Waals surface area contributed by atoms with E-state index in [2.05, 4.69) is 4.98 Å². The van der Waals surface area contributed by atoms with Gasteiger partial charge in [-0.1, -0.05) is 6.92 Å². The first-order valence-electron chi connectivity index (χ1n) is 4.23. The first kappa shape index (κ1) is 10.4. The summed E-state index contributed by atoms with van der Waals surface area (Å²) in [4.78, 5) is 23.5. The van der Waals surface area contributed by atoms with Crippen molar-refractivity contribution in [2.45, 2.75) is 19.9 Å². The van der Waals surface area contributed by atoms with E-state index in [-0.39, 0.29) is 11.7 Å². The molecule has 0 radical (unpaired) electrons. The van der Waals surface area contributed by atoms with Gasteiger partial charge in [0.1, 0.15) is 12.5 Å². The van der Waals surface area contributed by atoms with Crippen LogP contribution in [0.1, 0.15) is 13.3 Å². The molecule has 1 aromatic rings. The van der Waals surface area contributed by atoms with Crippen molar-refractivity contribution in [1.82, 2.24) is 9.55 Å². The zero-order valence-electron chi connectivity index (χ0n) is 7.79. The van der Waals surface area contributed by atoms with Crippen LogP contribution in [-0.2, 0) is 11.3 Å². The fraction of sp³-hybridized carbons (Fsp3) is 0.500. The molecule has 0 bridgehead atoms. The second-order valence-corrected chi connectivity index (χ2v) is 3.19. The average molecular weight is 197 g/mol. The van der Waals surface area contributed by atoms with E-state index in [1.807, 2.05) is 6.92 Å². The van der Waals surface area contributed by atoms with Crippen LogP contribution in [0, 0.1) is 16.0 Å². The van der Waals surface area contributed by atoms with Gasteiger partial charge in [-0.3, -0.25) is 0 Å². The third-order valence-electron chi connectivity index (χ3n) is 1.83. The normalized spacial score (nSPS) is 12.4. The van der Waals surface area contributed by atoms with Crippen molar-refractivity contribution < 1.29 is 9.72 Å². The third kappa shape index (κ3) is 2.65. The van der Waals surface area contributed by atoms with E-state index in [4.69, 9.17) is 0 Å². The Bertz CT molecular complexity index is 334. The summed E-state index contributed by atoms with van der Waals surface area (Å²) < 4.78 is 1.62. The molecule has 0 aromatic carbocycles. The lowest BCUT2D eigenvalue weighted by Gasteiger charge is -2.05. The molecule has 0 N–H and O–H groups in total. The summed E-state index contributed by atoms with van der Waals surface area (Å²) in [5, 5.41) is 10.3. The molecule has 0 aliphatic rings. The van der Waals surface area contributed by atoms with Crippen LogP contribution in [0.3, 0.4) is 0 Å². The van der Waals surface area contributed by atoms with E-state index in [0.717, 1.165) is 6.29 Å². The molecule has 0 aliphatic carbocycles. The molecule has 0 saturated carbocycles. The van der Waals surface area contributed by atoms with Gasteiger partial charge in [0.2, 0.25) is 6.33 Å². The Hall–Kier alpha value is -1.72. The zero-order valence-corrected chi connectivity index (χ0v) is 7.79. The molecule has 1 rings (SSSR count).